The first-order chi connectivity index (χ1) is 11.0. The van der Waals surface area contributed by atoms with Gasteiger partial charge < -0.3 is 15.7 Å². The van der Waals surface area contributed by atoms with Crippen molar-refractivity contribution >= 4 is 17.8 Å². The predicted molar refractivity (Wildman–Crippen MR) is 85.1 cm³/mol. The first-order valence-electron chi connectivity index (χ1n) is 7.84. The topological polar surface area (TPSA) is 95.5 Å². The van der Waals surface area contributed by atoms with Gasteiger partial charge in [0.05, 0.1) is 5.92 Å². The Kier molecular flexibility index (Phi) is 5.73. The van der Waals surface area contributed by atoms with Gasteiger partial charge in [0, 0.05) is 25.1 Å². The van der Waals surface area contributed by atoms with E-state index in [9.17, 15) is 14.4 Å². The van der Waals surface area contributed by atoms with Crippen LogP contribution in [0, 0.1) is 5.92 Å². The van der Waals surface area contributed by atoms with Gasteiger partial charge in [-0.2, -0.15) is 0 Å². The molecule has 0 saturated heterocycles. The van der Waals surface area contributed by atoms with Crippen molar-refractivity contribution < 1.29 is 19.5 Å². The van der Waals surface area contributed by atoms with Crippen molar-refractivity contribution in [2.75, 3.05) is 7.05 Å². The van der Waals surface area contributed by atoms with Gasteiger partial charge in [-0.05, 0) is 37.0 Å². The predicted octanol–water partition coefficient (Wildman–Crippen LogP) is 1.35. The Morgan fingerprint density at radius 2 is 2.04 bits per heavy atom. The maximum Gasteiger partial charge on any atom is 0.308 e. The van der Waals surface area contributed by atoms with Crippen LogP contribution in [0.25, 0.3) is 0 Å². The summed E-state index contributed by atoms with van der Waals surface area (Å²) in [6, 6.07) is 6.88. The molecule has 6 heteroatoms. The maximum atomic E-state index is 12.0. The molecule has 1 fully saturated rings. The van der Waals surface area contributed by atoms with Crippen LogP contribution in [-0.2, 0) is 16.0 Å². The van der Waals surface area contributed by atoms with Crippen molar-refractivity contribution in [2.45, 2.75) is 38.1 Å². The van der Waals surface area contributed by atoms with E-state index in [2.05, 4.69) is 10.6 Å². The number of hydrogen-bond acceptors (Lipinski definition) is 3. The summed E-state index contributed by atoms with van der Waals surface area (Å²) in [4.78, 5) is 34.7. The molecule has 1 aliphatic rings. The summed E-state index contributed by atoms with van der Waals surface area (Å²) in [6.07, 6.45) is 2.96. The molecule has 0 aromatic heterocycles. The number of carboxylic acids is 1. The fourth-order valence-electron chi connectivity index (χ4n) is 2.98. The molecule has 0 aliphatic heterocycles. The first-order valence-corrected chi connectivity index (χ1v) is 7.84. The summed E-state index contributed by atoms with van der Waals surface area (Å²) in [5.74, 6) is -1.62. The van der Waals surface area contributed by atoms with Crippen molar-refractivity contribution in [3.8, 4) is 0 Å². The fourth-order valence-corrected chi connectivity index (χ4v) is 2.98. The van der Waals surface area contributed by atoms with E-state index in [1.165, 1.54) is 0 Å². The zero-order valence-corrected chi connectivity index (χ0v) is 13.2. The second-order valence-corrected chi connectivity index (χ2v) is 5.83. The molecule has 2 rings (SSSR count). The number of aryl methyl sites for hydroxylation is 1. The number of amides is 2. The summed E-state index contributed by atoms with van der Waals surface area (Å²) in [5, 5.41) is 14.5. The number of carboxylic acid groups (broad SMARTS) is 1. The number of hydrogen-bond donors (Lipinski definition) is 3. The van der Waals surface area contributed by atoms with Crippen molar-refractivity contribution in [1.29, 1.82) is 0 Å². The molecule has 6 nitrogen and oxygen atoms in total. The van der Waals surface area contributed by atoms with Gasteiger partial charge >= 0.3 is 5.97 Å². The van der Waals surface area contributed by atoms with E-state index in [0.717, 1.165) is 18.4 Å². The highest BCUT2D eigenvalue weighted by Gasteiger charge is 2.33. The number of rotatable bonds is 6. The van der Waals surface area contributed by atoms with Crippen LogP contribution in [0.4, 0.5) is 0 Å². The van der Waals surface area contributed by atoms with Gasteiger partial charge in [-0.3, -0.25) is 14.4 Å². The van der Waals surface area contributed by atoms with Crippen LogP contribution in [-0.4, -0.2) is 36.0 Å². The maximum absolute atomic E-state index is 12.0. The lowest BCUT2D eigenvalue weighted by Gasteiger charge is -2.17. The van der Waals surface area contributed by atoms with Crippen molar-refractivity contribution in [3.63, 3.8) is 0 Å². The Balaban J connectivity index is 1.87. The van der Waals surface area contributed by atoms with E-state index in [-0.39, 0.29) is 24.3 Å². The van der Waals surface area contributed by atoms with Crippen LogP contribution < -0.4 is 10.6 Å². The molecule has 1 aliphatic carbocycles. The van der Waals surface area contributed by atoms with Gasteiger partial charge in [-0.1, -0.05) is 18.6 Å². The lowest BCUT2D eigenvalue weighted by atomic mass is 10.0. The number of benzene rings is 1. The van der Waals surface area contributed by atoms with E-state index in [1.807, 2.05) is 6.07 Å². The number of aliphatic carboxylic acids is 1. The van der Waals surface area contributed by atoms with Gasteiger partial charge in [0.15, 0.2) is 0 Å². The molecular weight excluding hydrogens is 296 g/mol. The zero-order valence-electron chi connectivity index (χ0n) is 13.2. The second-order valence-electron chi connectivity index (χ2n) is 5.83. The number of carbonyl (C=O) groups is 3. The Hall–Kier alpha value is -2.37. The van der Waals surface area contributed by atoms with E-state index in [4.69, 9.17) is 5.11 Å². The van der Waals surface area contributed by atoms with Gasteiger partial charge in [0.2, 0.25) is 5.91 Å². The Morgan fingerprint density at radius 1 is 1.26 bits per heavy atom. The molecule has 0 spiro atoms. The lowest BCUT2D eigenvalue weighted by molar-refractivity contribution is -0.142. The highest BCUT2D eigenvalue weighted by Crippen LogP contribution is 2.25. The summed E-state index contributed by atoms with van der Waals surface area (Å²) in [7, 11) is 1.57. The molecule has 1 aromatic rings. The monoisotopic (exact) mass is 318 g/mol. The number of nitrogens with one attached hydrogen (secondary N) is 2. The summed E-state index contributed by atoms with van der Waals surface area (Å²) < 4.78 is 0. The molecule has 2 amide bonds. The van der Waals surface area contributed by atoms with Crippen LogP contribution in [0.15, 0.2) is 24.3 Å². The minimum absolute atomic E-state index is 0.145. The van der Waals surface area contributed by atoms with Crippen molar-refractivity contribution in [3.05, 3.63) is 35.4 Å². The van der Waals surface area contributed by atoms with Crippen molar-refractivity contribution in [1.82, 2.24) is 10.6 Å². The molecular formula is C17H22N2O4. The molecule has 0 radical (unpaired) electrons. The summed E-state index contributed by atoms with van der Waals surface area (Å²) >= 11 is 0. The second kappa shape index (κ2) is 7.76. The fraction of sp³-hybridized carbons (Fsp3) is 0.471. The Morgan fingerprint density at radius 3 is 2.74 bits per heavy atom. The largest absolute Gasteiger partial charge is 0.481 e. The molecule has 1 saturated carbocycles. The minimum Gasteiger partial charge on any atom is -0.481 e. The van der Waals surface area contributed by atoms with E-state index < -0.39 is 11.9 Å². The third-order valence-corrected chi connectivity index (χ3v) is 4.24. The van der Waals surface area contributed by atoms with Crippen molar-refractivity contribution in [2.24, 2.45) is 5.92 Å². The molecule has 124 valence electrons. The standard InChI is InChI=1S/C17H22N2O4/c1-18-16(21)12-5-2-4-11(10-12)8-9-15(20)19-14-7-3-6-13(14)17(22)23/h2,4-5,10,13-14H,3,6-9H2,1H3,(H,18,21)(H,19,20)(H,22,23)/t13-,14+/m0/s1. The molecule has 2 atom stereocenters. The molecule has 0 heterocycles. The first kappa shape index (κ1) is 17.0. The SMILES string of the molecule is CNC(=O)c1cccc(CCC(=O)N[C@@H]2CCC[C@@H]2C(=O)O)c1. The smallest absolute Gasteiger partial charge is 0.308 e. The van der Waals surface area contributed by atoms with Gasteiger partial charge in [-0.15, -0.1) is 0 Å². The van der Waals surface area contributed by atoms with Crippen LogP contribution in [0.2, 0.25) is 0 Å². The quantitative estimate of drug-likeness (QED) is 0.738. The highest BCUT2D eigenvalue weighted by molar-refractivity contribution is 5.94. The van der Waals surface area contributed by atoms with Gasteiger partial charge in [0.1, 0.15) is 0 Å². The minimum atomic E-state index is -0.842. The normalized spacial score (nSPS) is 20.0. The Labute approximate surface area is 135 Å². The molecule has 3 N–H and O–H groups in total. The summed E-state index contributed by atoms with van der Waals surface area (Å²) in [5.41, 5.74) is 1.47. The zero-order chi connectivity index (χ0) is 16.8. The van der Waals surface area contributed by atoms with Crippen LogP contribution in [0.1, 0.15) is 41.6 Å². The molecule has 1 aromatic carbocycles. The van der Waals surface area contributed by atoms with Gasteiger partial charge in [-0.25, -0.2) is 0 Å². The molecule has 0 bridgehead atoms. The third-order valence-electron chi connectivity index (χ3n) is 4.24. The van der Waals surface area contributed by atoms with Crippen LogP contribution >= 0.6 is 0 Å². The third kappa shape index (κ3) is 4.55. The molecule has 0 unspecified atom stereocenters. The van der Waals surface area contributed by atoms with E-state index in [0.29, 0.717) is 18.4 Å². The van der Waals surface area contributed by atoms with Crippen LogP contribution in [0.5, 0.6) is 0 Å². The molecule has 23 heavy (non-hydrogen) atoms. The van der Waals surface area contributed by atoms with E-state index >= 15 is 0 Å². The number of carbonyl (C=O) groups excluding carboxylic acids is 2. The van der Waals surface area contributed by atoms with E-state index in [1.54, 1.807) is 25.2 Å². The average molecular weight is 318 g/mol. The Bertz CT molecular complexity index is 600. The highest BCUT2D eigenvalue weighted by atomic mass is 16.4. The lowest BCUT2D eigenvalue weighted by Crippen LogP contribution is -2.40. The summed E-state index contributed by atoms with van der Waals surface area (Å²) in [6.45, 7) is 0. The van der Waals surface area contributed by atoms with Crippen LogP contribution in [0.3, 0.4) is 0 Å². The van der Waals surface area contributed by atoms with Gasteiger partial charge in [0.25, 0.3) is 5.91 Å². The average Bonchev–Trinajstić information content (AvgIpc) is 3.00.